The van der Waals surface area contributed by atoms with Gasteiger partial charge in [-0.3, -0.25) is 0 Å². The van der Waals surface area contributed by atoms with Gasteiger partial charge in [0.25, 0.3) is 0 Å². The van der Waals surface area contributed by atoms with E-state index in [4.69, 9.17) is 0 Å². The van der Waals surface area contributed by atoms with Gasteiger partial charge in [-0.1, -0.05) is 141 Å². The minimum absolute atomic E-state index is 0.375. The summed E-state index contributed by atoms with van der Waals surface area (Å²) in [5.74, 6) is 2.57. The van der Waals surface area contributed by atoms with Crippen LogP contribution in [0.5, 0.6) is 0 Å². The molecule has 0 radical (unpaired) electrons. The van der Waals surface area contributed by atoms with E-state index in [0.717, 1.165) is 23.4 Å². The molecule has 6 rings (SSSR count). The second-order valence-corrected chi connectivity index (χ2v) is 15.3. The first-order chi connectivity index (χ1) is 17.9. The summed E-state index contributed by atoms with van der Waals surface area (Å²) in [5.41, 5.74) is 0.756. The van der Waals surface area contributed by atoms with E-state index in [1.54, 1.807) is 21.2 Å². The lowest BCUT2D eigenvalue weighted by molar-refractivity contribution is 0.140. The van der Waals surface area contributed by atoms with Crippen molar-refractivity contribution in [3.05, 3.63) is 121 Å². The van der Waals surface area contributed by atoms with Gasteiger partial charge in [-0.2, -0.15) is 0 Å². The Balaban J connectivity index is 1.43. The molecule has 4 aromatic carbocycles. The fourth-order valence-corrected chi connectivity index (χ4v) is 13.0. The highest BCUT2D eigenvalue weighted by Gasteiger charge is 2.44. The third-order valence-electron chi connectivity index (χ3n) is 8.43. The number of hydrogen-bond acceptors (Lipinski definition) is 0. The molecule has 2 bridgehead atoms. The van der Waals surface area contributed by atoms with Crippen LogP contribution in [0.2, 0.25) is 0 Å². The molecule has 0 spiro atoms. The van der Waals surface area contributed by atoms with Crippen molar-refractivity contribution in [3.63, 3.8) is 0 Å². The molecule has 182 valence electrons. The van der Waals surface area contributed by atoms with E-state index in [1.807, 2.05) is 0 Å². The van der Waals surface area contributed by atoms with Crippen molar-refractivity contribution >= 4 is 37.1 Å². The quantitative estimate of drug-likeness (QED) is 0.229. The summed E-state index contributed by atoms with van der Waals surface area (Å²) in [6.45, 7) is 0. The van der Waals surface area contributed by atoms with E-state index in [1.165, 1.54) is 38.3 Å². The van der Waals surface area contributed by atoms with Crippen molar-refractivity contribution in [2.24, 2.45) is 17.8 Å². The van der Waals surface area contributed by atoms with Gasteiger partial charge in [-0.25, -0.2) is 0 Å². The maximum Gasteiger partial charge on any atom is -0.00916 e. The molecule has 2 heteroatoms. The van der Waals surface area contributed by atoms with Gasteiger partial charge in [-0.05, 0) is 79.5 Å². The van der Waals surface area contributed by atoms with Gasteiger partial charge in [0.2, 0.25) is 0 Å². The molecule has 2 aliphatic carbocycles. The maximum atomic E-state index is 2.41. The lowest BCUT2D eigenvalue weighted by Gasteiger charge is -2.49. The molecular weight excluding hydrogens is 470 g/mol. The Bertz CT molecular complexity index is 1130. The maximum absolute atomic E-state index is 2.41. The Morgan fingerprint density at radius 1 is 0.528 bits per heavy atom. The smallest absolute Gasteiger partial charge is 0.00916 e. The molecule has 0 saturated heterocycles. The second kappa shape index (κ2) is 11.4. The van der Waals surface area contributed by atoms with Crippen LogP contribution in [0.4, 0.5) is 0 Å². The Morgan fingerprint density at radius 2 is 1.00 bits per heavy atom. The van der Waals surface area contributed by atoms with E-state index in [2.05, 4.69) is 121 Å². The second-order valence-electron chi connectivity index (χ2n) is 10.6. The number of hydrogen-bond donors (Lipinski definition) is 0. The summed E-state index contributed by atoms with van der Waals surface area (Å²) < 4.78 is 0. The molecule has 2 unspecified atom stereocenters. The van der Waals surface area contributed by atoms with Crippen molar-refractivity contribution in [2.45, 2.75) is 37.8 Å². The summed E-state index contributed by atoms with van der Waals surface area (Å²) >= 11 is 0. The zero-order chi connectivity index (χ0) is 24.2. The van der Waals surface area contributed by atoms with E-state index in [0.29, 0.717) is 0 Å². The van der Waals surface area contributed by atoms with Gasteiger partial charge in [0, 0.05) is 0 Å². The molecule has 2 aliphatic rings. The van der Waals surface area contributed by atoms with Crippen molar-refractivity contribution in [1.29, 1.82) is 0 Å². The monoisotopic (exact) mass is 506 g/mol. The fourth-order valence-electron chi connectivity index (χ4n) is 6.83. The summed E-state index contributed by atoms with van der Waals surface area (Å²) in [4.78, 5) is 0. The summed E-state index contributed by atoms with van der Waals surface area (Å²) in [7, 11) is -0.767. The lowest BCUT2D eigenvalue weighted by Crippen LogP contribution is -2.43. The minimum atomic E-state index is -0.391. The van der Waals surface area contributed by atoms with Crippen LogP contribution in [-0.4, -0.2) is 11.8 Å². The van der Waals surface area contributed by atoms with Gasteiger partial charge in [0.15, 0.2) is 0 Å². The first-order valence-corrected chi connectivity index (χ1v) is 16.6. The molecule has 2 fully saturated rings. The van der Waals surface area contributed by atoms with Crippen LogP contribution in [0.25, 0.3) is 0 Å². The van der Waals surface area contributed by atoms with Gasteiger partial charge in [0.05, 0.1) is 0 Å². The van der Waals surface area contributed by atoms with Gasteiger partial charge >= 0.3 is 0 Å². The SMILES string of the molecule is c1ccc(P(C[C@H]2C3CCCC(C3)C[C@@H]2P(c2ccccc2)c2ccccc2)c2ccccc2)cc1. The van der Waals surface area contributed by atoms with Crippen LogP contribution < -0.4 is 21.2 Å². The molecule has 0 amide bonds. The number of rotatable bonds is 7. The third-order valence-corrected chi connectivity index (χ3v) is 14.0. The predicted octanol–water partition coefficient (Wildman–Crippen LogP) is 7.45. The molecule has 0 aromatic heterocycles. The van der Waals surface area contributed by atoms with Crippen LogP contribution in [-0.2, 0) is 0 Å². The Labute approximate surface area is 219 Å². The minimum Gasteiger partial charge on any atom is -0.0622 e. The molecule has 4 aromatic rings. The first kappa shape index (κ1) is 24.1. The molecule has 0 N–H and O–H groups in total. The van der Waals surface area contributed by atoms with Crippen LogP contribution in [0.1, 0.15) is 32.1 Å². The van der Waals surface area contributed by atoms with Crippen molar-refractivity contribution in [2.75, 3.05) is 6.16 Å². The fraction of sp³-hybridized carbons (Fsp3) is 0.294. The normalized spacial score (nSPS) is 23.6. The summed E-state index contributed by atoms with van der Waals surface area (Å²) in [6.07, 6.45) is 8.49. The van der Waals surface area contributed by atoms with Crippen LogP contribution in [0.15, 0.2) is 121 Å². The Kier molecular flexibility index (Phi) is 7.65. The highest BCUT2D eigenvalue weighted by Crippen LogP contribution is 2.57. The first-order valence-electron chi connectivity index (χ1n) is 13.6. The van der Waals surface area contributed by atoms with Crippen LogP contribution in [0.3, 0.4) is 0 Å². The average Bonchev–Trinajstić information content (AvgIpc) is 2.95. The van der Waals surface area contributed by atoms with Gasteiger partial charge in [-0.15, -0.1) is 0 Å². The highest BCUT2D eigenvalue weighted by atomic mass is 31.1. The van der Waals surface area contributed by atoms with Crippen LogP contribution in [0, 0.1) is 17.8 Å². The zero-order valence-electron chi connectivity index (χ0n) is 21.0. The van der Waals surface area contributed by atoms with Gasteiger partial charge < -0.3 is 0 Å². The largest absolute Gasteiger partial charge is 0.0622 e. The molecule has 0 nitrogen and oxygen atoms in total. The highest BCUT2D eigenvalue weighted by molar-refractivity contribution is 7.74. The predicted molar refractivity (Wildman–Crippen MR) is 160 cm³/mol. The lowest BCUT2D eigenvalue weighted by atomic mass is 9.67. The van der Waals surface area contributed by atoms with Crippen molar-refractivity contribution < 1.29 is 0 Å². The zero-order valence-corrected chi connectivity index (χ0v) is 22.8. The molecular formula is C34H36P2. The Hall–Kier alpha value is -2.26. The topological polar surface area (TPSA) is 0 Å². The average molecular weight is 507 g/mol. The summed E-state index contributed by atoms with van der Waals surface area (Å²) in [6, 6.07) is 45.9. The summed E-state index contributed by atoms with van der Waals surface area (Å²) in [5, 5.41) is 6.22. The van der Waals surface area contributed by atoms with Crippen molar-refractivity contribution in [1.82, 2.24) is 0 Å². The Morgan fingerprint density at radius 3 is 1.50 bits per heavy atom. The van der Waals surface area contributed by atoms with Crippen LogP contribution >= 0.6 is 15.8 Å². The molecule has 36 heavy (non-hydrogen) atoms. The van der Waals surface area contributed by atoms with E-state index in [-0.39, 0.29) is 7.92 Å². The molecule has 4 atom stereocenters. The number of fused-ring (bicyclic) bond motifs is 2. The van der Waals surface area contributed by atoms with Crippen molar-refractivity contribution in [3.8, 4) is 0 Å². The van der Waals surface area contributed by atoms with E-state index < -0.39 is 7.92 Å². The van der Waals surface area contributed by atoms with Gasteiger partial charge in [0.1, 0.15) is 0 Å². The third kappa shape index (κ3) is 5.23. The van der Waals surface area contributed by atoms with E-state index >= 15 is 0 Å². The standard InChI is InChI=1S/C34H36P2/c1-5-16-29(17-6-1)35(30-18-7-2-8-19-30)26-33-28-15-13-14-27(24-28)25-34(33)36(31-20-9-3-10-21-31)32-22-11-4-12-23-32/h1-12,16-23,27-28,33-34H,13-15,24-26H2/t27?,28?,33-,34-/m0/s1. The number of benzene rings is 4. The molecule has 2 saturated carbocycles. The molecule has 0 aliphatic heterocycles. The molecule has 0 heterocycles. The van der Waals surface area contributed by atoms with E-state index in [9.17, 15) is 0 Å².